The third-order valence-electron chi connectivity index (χ3n) is 3.06. The molecular weight excluding hydrogens is 224 g/mol. The summed E-state index contributed by atoms with van der Waals surface area (Å²) < 4.78 is 0. The summed E-state index contributed by atoms with van der Waals surface area (Å²) in [5, 5.41) is 11.6. The van der Waals surface area contributed by atoms with Crippen LogP contribution in [0.25, 0.3) is 10.9 Å². The second-order valence-electron chi connectivity index (χ2n) is 4.78. The normalized spacial score (nSPS) is 11.5. The maximum Gasteiger partial charge on any atom is 0.0653 e. The maximum atomic E-state index is 4.04. The van der Waals surface area contributed by atoms with Crippen molar-refractivity contribution in [3.63, 3.8) is 0 Å². The molecule has 0 bridgehead atoms. The predicted octanol–water partition coefficient (Wildman–Crippen LogP) is 1.99. The molecule has 0 atom stereocenters. The molecule has 1 aromatic carbocycles. The Balaban J connectivity index is 1.84. The van der Waals surface area contributed by atoms with E-state index in [2.05, 4.69) is 52.6 Å². The summed E-state index contributed by atoms with van der Waals surface area (Å²) in [5.74, 6) is 0. The van der Waals surface area contributed by atoms with Gasteiger partial charge in [0.1, 0.15) is 0 Å². The van der Waals surface area contributed by atoms with Gasteiger partial charge < -0.3 is 10.2 Å². The summed E-state index contributed by atoms with van der Waals surface area (Å²) in [7, 11) is 2.16. The van der Waals surface area contributed by atoms with E-state index in [0.717, 1.165) is 31.7 Å². The highest BCUT2D eigenvalue weighted by Gasteiger charge is 2.02. The minimum Gasteiger partial charge on any atom is -0.315 e. The second kappa shape index (κ2) is 6.52. The number of aromatic nitrogens is 2. The minimum absolute atomic E-state index is 0.975. The van der Waals surface area contributed by atoms with Crippen LogP contribution in [-0.2, 0) is 6.54 Å². The van der Waals surface area contributed by atoms with Crippen molar-refractivity contribution in [3.8, 4) is 0 Å². The van der Waals surface area contributed by atoms with Crippen molar-refractivity contribution in [2.75, 3.05) is 26.7 Å². The summed E-state index contributed by atoms with van der Waals surface area (Å²) in [6.07, 6.45) is 3.05. The number of nitrogens with zero attached hydrogens (tertiary/aromatic N) is 2. The molecule has 0 aliphatic rings. The van der Waals surface area contributed by atoms with Gasteiger partial charge in [-0.1, -0.05) is 19.1 Å². The maximum absolute atomic E-state index is 4.04. The number of fused-ring (bicyclic) bond motifs is 1. The standard InChI is InChI=1S/C14H22N4/c1-3-6-15-7-8-18(2)11-12-4-5-13-10-16-17-14(13)9-12/h4-5,9-10,15H,3,6-8,11H2,1-2H3,(H,16,17). The first-order valence-corrected chi connectivity index (χ1v) is 6.61. The molecule has 2 rings (SSSR count). The number of aromatic amines is 1. The average molecular weight is 246 g/mol. The Hall–Kier alpha value is -1.39. The van der Waals surface area contributed by atoms with Crippen LogP contribution >= 0.6 is 0 Å². The summed E-state index contributed by atoms with van der Waals surface area (Å²) in [5.41, 5.74) is 2.44. The molecule has 98 valence electrons. The first kappa shape index (κ1) is 13.1. The van der Waals surface area contributed by atoms with Gasteiger partial charge >= 0.3 is 0 Å². The van der Waals surface area contributed by atoms with Gasteiger partial charge in [0.05, 0.1) is 11.7 Å². The lowest BCUT2D eigenvalue weighted by molar-refractivity contribution is 0.325. The van der Waals surface area contributed by atoms with Gasteiger partial charge in [-0.3, -0.25) is 5.10 Å². The fraction of sp³-hybridized carbons (Fsp3) is 0.500. The van der Waals surface area contributed by atoms with Gasteiger partial charge in [-0.05, 0) is 31.6 Å². The van der Waals surface area contributed by atoms with Crippen molar-refractivity contribution >= 4 is 10.9 Å². The van der Waals surface area contributed by atoms with Gasteiger partial charge in [0.15, 0.2) is 0 Å². The first-order chi connectivity index (χ1) is 8.79. The second-order valence-corrected chi connectivity index (χ2v) is 4.78. The van der Waals surface area contributed by atoms with Gasteiger partial charge in [0.2, 0.25) is 0 Å². The fourth-order valence-corrected chi connectivity index (χ4v) is 2.04. The number of hydrogen-bond donors (Lipinski definition) is 2. The Morgan fingerprint density at radius 1 is 1.33 bits per heavy atom. The van der Waals surface area contributed by atoms with Gasteiger partial charge in [-0.25, -0.2) is 0 Å². The Bertz CT molecular complexity index is 477. The Kier molecular flexibility index (Phi) is 4.73. The van der Waals surface area contributed by atoms with Crippen molar-refractivity contribution in [2.45, 2.75) is 19.9 Å². The Labute approximate surface area is 108 Å². The number of benzene rings is 1. The lowest BCUT2D eigenvalue weighted by Crippen LogP contribution is -2.29. The van der Waals surface area contributed by atoms with Crippen LogP contribution in [0.2, 0.25) is 0 Å². The van der Waals surface area contributed by atoms with Crippen LogP contribution < -0.4 is 5.32 Å². The van der Waals surface area contributed by atoms with Crippen molar-refractivity contribution in [2.24, 2.45) is 0 Å². The van der Waals surface area contributed by atoms with Gasteiger partial charge in [-0.15, -0.1) is 0 Å². The van der Waals surface area contributed by atoms with E-state index < -0.39 is 0 Å². The molecule has 0 saturated heterocycles. The lowest BCUT2D eigenvalue weighted by Gasteiger charge is -2.17. The van der Waals surface area contributed by atoms with E-state index in [1.807, 2.05) is 6.20 Å². The van der Waals surface area contributed by atoms with E-state index in [0.29, 0.717) is 0 Å². The van der Waals surface area contributed by atoms with Crippen LogP contribution in [0.4, 0.5) is 0 Å². The molecule has 1 aromatic heterocycles. The molecule has 0 saturated carbocycles. The van der Waals surface area contributed by atoms with Gasteiger partial charge in [-0.2, -0.15) is 5.10 Å². The number of nitrogens with one attached hydrogen (secondary N) is 2. The summed E-state index contributed by atoms with van der Waals surface area (Å²) >= 11 is 0. The summed E-state index contributed by atoms with van der Waals surface area (Å²) in [4.78, 5) is 2.33. The van der Waals surface area contributed by atoms with Gasteiger partial charge in [0, 0.05) is 25.0 Å². The number of hydrogen-bond acceptors (Lipinski definition) is 3. The van der Waals surface area contributed by atoms with Crippen LogP contribution in [0.5, 0.6) is 0 Å². The van der Waals surface area contributed by atoms with Crippen LogP contribution in [0.1, 0.15) is 18.9 Å². The van der Waals surface area contributed by atoms with Crippen molar-refractivity contribution < 1.29 is 0 Å². The highest BCUT2D eigenvalue weighted by Crippen LogP contribution is 2.13. The van der Waals surface area contributed by atoms with Crippen LogP contribution in [0, 0.1) is 0 Å². The molecule has 0 unspecified atom stereocenters. The topological polar surface area (TPSA) is 44.0 Å². The molecule has 4 heteroatoms. The van der Waals surface area contributed by atoms with Crippen molar-refractivity contribution in [1.82, 2.24) is 20.4 Å². The molecule has 1 heterocycles. The largest absolute Gasteiger partial charge is 0.315 e. The number of likely N-dealkylation sites (N-methyl/N-ethyl adjacent to an activating group) is 1. The molecular formula is C14H22N4. The minimum atomic E-state index is 0.975. The van der Waals surface area contributed by atoms with E-state index >= 15 is 0 Å². The first-order valence-electron chi connectivity index (χ1n) is 6.61. The predicted molar refractivity (Wildman–Crippen MR) is 75.6 cm³/mol. The number of rotatable bonds is 7. The van der Waals surface area contributed by atoms with E-state index in [9.17, 15) is 0 Å². The van der Waals surface area contributed by atoms with Crippen LogP contribution in [0.3, 0.4) is 0 Å². The monoisotopic (exact) mass is 246 g/mol. The summed E-state index contributed by atoms with van der Waals surface area (Å²) in [6, 6.07) is 6.48. The van der Waals surface area contributed by atoms with E-state index in [1.165, 1.54) is 17.4 Å². The Morgan fingerprint density at radius 2 is 2.22 bits per heavy atom. The quantitative estimate of drug-likeness (QED) is 0.734. The molecule has 0 aliphatic heterocycles. The Morgan fingerprint density at radius 3 is 3.06 bits per heavy atom. The summed E-state index contributed by atoms with van der Waals surface area (Å²) in [6.45, 7) is 6.39. The van der Waals surface area contributed by atoms with Crippen LogP contribution in [0.15, 0.2) is 24.4 Å². The lowest BCUT2D eigenvalue weighted by atomic mass is 10.1. The highest BCUT2D eigenvalue weighted by molar-refractivity contribution is 5.78. The molecule has 0 aliphatic carbocycles. The zero-order chi connectivity index (χ0) is 12.8. The van der Waals surface area contributed by atoms with E-state index in [4.69, 9.17) is 0 Å². The van der Waals surface area contributed by atoms with Crippen molar-refractivity contribution in [3.05, 3.63) is 30.0 Å². The SMILES string of the molecule is CCCNCCN(C)Cc1ccc2cn[nH]c2c1. The third-order valence-corrected chi connectivity index (χ3v) is 3.06. The molecule has 2 aromatic rings. The average Bonchev–Trinajstić information content (AvgIpc) is 2.82. The van der Waals surface area contributed by atoms with E-state index in [-0.39, 0.29) is 0 Å². The highest BCUT2D eigenvalue weighted by atomic mass is 15.1. The van der Waals surface area contributed by atoms with E-state index in [1.54, 1.807) is 0 Å². The molecule has 0 amide bonds. The smallest absolute Gasteiger partial charge is 0.0653 e. The third kappa shape index (κ3) is 3.55. The van der Waals surface area contributed by atoms with Crippen molar-refractivity contribution in [1.29, 1.82) is 0 Å². The zero-order valence-corrected chi connectivity index (χ0v) is 11.2. The zero-order valence-electron chi connectivity index (χ0n) is 11.2. The van der Waals surface area contributed by atoms with Crippen LogP contribution in [-0.4, -0.2) is 41.8 Å². The molecule has 4 nitrogen and oxygen atoms in total. The number of H-pyrrole nitrogens is 1. The van der Waals surface area contributed by atoms with Gasteiger partial charge in [0.25, 0.3) is 0 Å². The molecule has 0 fully saturated rings. The molecule has 0 radical (unpaired) electrons. The molecule has 2 N–H and O–H groups in total. The molecule has 18 heavy (non-hydrogen) atoms. The molecule has 0 spiro atoms. The fourth-order valence-electron chi connectivity index (χ4n) is 2.04.